The molecule has 3 nitrogen and oxygen atoms in total. The van der Waals surface area contributed by atoms with Gasteiger partial charge in [-0.25, -0.2) is 0 Å². The average Bonchev–Trinajstić information content (AvgIpc) is 2.06. The molecule has 0 spiro atoms. The van der Waals surface area contributed by atoms with Gasteiger partial charge >= 0.3 is 5.97 Å². The van der Waals surface area contributed by atoms with E-state index < -0.39 is 11.4 Å². The van der Waals surface area contributed by atoms with E-state index in [4.69, 9.17) is 10.8 Å². The van der Waals surface area contributed by atoms with Crippen LogP contribution in [0.2, 0.25) is 0 Å². The topological polar surface area (TPSA) is 63.3 Å². The third-order valence-electron chi connectivity index (χ3n) is 2.35. The number of nitrogens with two attached hydrogens (primary N) is 1. The molecule has 66 valence electrons. The molecule has 0 radical (unpaired) electrons. The lowest BCUT2D eigenvalue weighted by Crippen LogP contribution is -2.29. The van der Waals surface area contributed by atoms with Crippen LogP contribution in [0.1, 0.15) is 19.8 Å². The molecule has 1 aliphatic carbocycles. The molecule has 0 saturated heterocycles. The molecule has 1 aliphatic rings. The van der Waals surface area contributed by atoms with Crippen LogP contribution in [0.4, 0.5) is 0 Å². The number of aliphatic carboxylic acids is 1. The Bertz CT molecular complexity index is 255. The molecule has 0 bridgehead atoms. The summed E-state index contributed by atoms with van der Waals surface area (Å²) in [6.07, 6.45) is 6.22. The molecule has 1 unspecified atom stereocenters. The van der Waals surface area contributed by atoms with Gasteiger partial charge in [-0.05, 0) is 18.9 Å². The number of hydrogen-bond acceptors (Lipinski definition) is 2. The van der Waals surface area contributed by atoms with Crippen LogP contribution in [-0.4, -0.2) is 11.1 Å². The minimum absolute atomic E-state index is 0.501. The predicted octanol–water partition coefficient (Wildman–Crippen LogP) is 1.27. The van der Waals surface area contributed by atoms with Crippen LogP contribution < -0.4 is 5.73 Å². The first-order chi connectivity index (χ1) is 5.60. The Labute approximate surface area is 71.6 Å². The van der Waals surface area contributed by atoms with Gasteiger partial charge in [0.05, 0.1) is 5.41 Å². The van der Waals surface area contributed by atoms with E-state index in [1.165, 1.54) is 0 Å². The number of hydrogen-bond donors (Lipinski definition) is 2. The summed E-state index contributed by atoms with van der Waals surface area (Å²) in [4.78, 5) is 10.9. The SMILES string of the molecule is CCC1(C(=O)O)C=CC(N)=CC1. The second kappa shape index (κ2) is 3.01. The Balaban J connectivity index is 2.88. The second-order valence-corrected chi connectivity index (χ2v) is 3.06. The first-order valence-corrected chi connectivity index (χ1v) is 3.99. The molecule has 0 aliphatic heterocycles. The average molecular weight is 167 g/mol. The number of allylic oxidation sites excluding steroid dienone is 2. The summed E-state index contributed by atoms with van der Waals surface area (Å²) in [5.74, 6) is -0.773. The lowest BCUT2D eigenvalue weighted by atomic mass is 9.79. The van der Waals surface area contributed by atoms with E-state index >= 15 is 0 Å². The molecule has 3 heteroatoms. The minimum atomic E-state index is -0.773. The smallest absolute Gasteiger partial charge is 0.313 e. The van der Waals surface area contributed by atoms with Crippen molar-refractivity contribution in [3.8, 4) is 0 Å². The molecule has 0 amide bonds. The van der Waals surface area contributed by atoms with Gasteiger partial charge in [-0.15, -0.1) is 0 Å². The quantitative estimate of drug-likeness (QED) is 0.651. The van der Waals surface area contributed by atoms with Crippen LogP contribution in [0.3, 0.4) is 0 Å². The summed E-state index contributed by atoms with van der Waals surface area (Å²) < 4.78 is 0. The molecule has 0 heterocycles. The normalized spacial score (nSPS) is 28.2. The van der Waals surface area contributed by atoms with Gasteiger partial charge in [-0.3, -0.25) is 4.79 Å². The highest BCUT2D eigenvalue weighted by molar-refractivity contribution is 5.77. The Kier molecular flexibility index (Phi) is 2.22. The second-order valence-electron chi connectivity index (χ2n) is 3.06. The molecule has 0 fully saturated rings. The van der Waals surface area contributed by atoms with Gasteiger partial charge in [0.15, 0.2) is 0 Å². The van der Waals surface area contributed by atoms with Crippen molar-refractivity contribution in [2.24, 2.45) is 11.1 Å². The van der Waals surface area contributed by atoms with Crippen LogP contribution in [0, 0.1) is 5.41 Å². The van der Waals surface area contributed by atoms with Gasteiger partial charge in [0.2, 0.25) is 0 Å². The Morgan fingerprint density at radius 2 is 2.50 bits per heavy atom. The lowest BCUT2D eigenvalue weighted by molar-refractivity contribution is -0.146. The third kappa shape index (κ3) is 1.35. The summed E-state index contributed by atoms with van der Waals surface area (Å²) in [6.45, 7) is 1.87. The molecule has 0 aromatic heterocycles. The van der Waals surface area contributed by atoms with E-state index in [0.717, 1.165) is 0 Å². The zero-order valence-corrected chi connectivity index (χ0v) is 7.08. The molecule has 0 aromatic rings. The summed E-state index contributed by atoms with van der Waals surface area (Å²) in [7, 11) is 0. The highest BCUT2D eigenvalue weighted by atomic mass is 16.4. The van der Waals surface area contributed by atoms with Crippen molar-refractivity contribution in [1.82, 2.24) is 0 Å². The Morgan fingerprint density at radius 3 is 2.83 bits per heavy atom. The van der Waals surface area contributed by atoms with E-state index in [9.17, 15) is 4.79 Å². The van der Waals surface area contributed by atoms with Crippen molar-refractivity contribution >= 4 is 5.97 Å². The van der Waals surface area contributed by atoms with Crippen molar-refractivity contribution in [3.05, 3.63) is 23.9 Å². The molecule has 3 N–H and O–H groups in total. The van der Waals surface area contributed by atoms with Crippen molar-refractivity contribution in [2.75, 3.05) is 0 Å². The number of rotatable bonds is 2. The number of carbonyl (C=O) groups is 1. The first kappa shape index (κ1) is 8.84. The summed E-state index contributed by atoms with van der Waals surface area (Å²) in [5, 5.41) is 8.95. The molecule has 1 rings (SSSR count). The number of carboxylic acids is 1. The van der Waals surface area contributed by atoms with Crippen molar-refractivity contribution in [3.63, 3.8) is 0 Å². The van der Waals surface area contributed by atoms with E-state index in [2.05, 4.69) is 0 Å². The largest absolute Gasteiger partial charge is 0.481 e. The van der Waals surface area contributed by atoms with E-state index in [0.29, 0.717) is 18.5 Å². The standard InChI is InChI=1S/C9H13NO2/c1-2-9(8(11)12)5-3-7(10)4-6-9/h3-5H,2,6,10H2,1H3,(H,11,12). The van der Waals surface area contributed by atoms with Crippen LogP contribution in [0.25, 0.3) is 0 Å². The lowest BCUT2D eigenvalue weighted by Gasteiger charge is -2.25. The van der Waals surface area contributed by atoms with Crippen molar-refractivity contribution in [1.29, 1.82) is 0 Å². The summed E-state index contributed by atoms with van der Waals surface area (Å²) in [5.41, 5.74) is 5.43. The summed E-state index contributed by atoms with van der Waals surface area (Å²) in [6, 6.07) is 0. The Hall–Kier alpha value is -1.25. The fourth-order valence-corrected chi connectivity index (χ4v) is 1.26. The first-order valence-electron chi connectivity index (χ1n) is 3.99. The molecule has 0 aromatic carbocycles. The van der Waals surface area contributed by atoms with Gasteiger partial charge in [0.25, 0.3) is 0 Å². The van der Waals surface area contributed by atoms with Crippen LogP contribution >= 0.6 is 0 Å². The third-order valence-corrected chi connectivity index (χ3v) is 2.35. The molecule has 1 atom stereocenters. The fourth-order valence-electron chi connectivity index (χ4n) is 1.26. The van der Waals surface area contributed by atoms with Crippen LogP contribution in [-0.2, 0) is 4.79 Å². The Morgan fingerprint density at radius 1 is 1.83 bits per heavy atom. The van der Waals surface area contributed by atoms with Crippen LogP contribution in [0.5, 0.6) is 0 Å². The molecular formula is C9H13NO2. The zero-order chi connectivity index (χ0) is 9.19. The minimum Gasteiger partial charge on any atom is -0.481 e. The zero-order valence-electron chi connectivity index (χ0n) is 7.08. The van der Waals surface area contributed by atoms with Gasteiger partial charge in [0.1, 0.15) is 0 Å². The van der Waals surface area contributed by atoms with Crippen molar-refractivity contribution in [2.45, 2.75) is 19.8 Å². The fraction of sp³-hybridized carbons (Fsp3) is 0.444. The maximum Gasteiger partial charge on any atom is 0.313 e. The highest BCUT2D eigenvalue weighted by Gasteiger charge is 2.34. The van der Waals surface area contributed by atoms with Gasteiger partial charge in [-0.2, -0.15) is 0 Å². The van der Waals surface area contributed by atoms with Crippen molar-refractivity contribution < 1.29 is 9.90 Å². The van der Waals surface area contributed by atoms with Gasteiger partial charge in [0, 0.05) is 5.70 Å². The van der Waals surface area contributed by atoms with E-state index in [-0.39, 0.29) is 0 Å². The summed E-state index contributed by atoms with van der Waals surface area (Å²) >= 11 is 0. The van der Waals surface area contributed by atoms with Gasteiger partial charge < -0.3 is 10.8 Å². The van der Waals surface area contributed by atoms with Crippen LogP contribution in [0.15, 0.2) is 23.9 Å². The molecule has 0 saturated carbocycles. The van der Waals surface area contributed by atoms with E-state index in [1.54, 1.807) is 18.2 Å². The monoisotopic (exact) mass is 167 g/mol. The molecular weight excluding hydrogens is 154 g/mol. The number of carboxylic acid groups (broad SMARTS) is 1. The predicted molar refractivity (Wildman–Crippen MR) is 46.4 cm³/mol. The highest BCUT2D eigenvalue weighted by Crippen LogP contribution is 2.32. The van der Waals surface area contributed by atoms with E-state index in [1.807, 2.05) is 6.92 Å². The van der Waals surface area contributed by atoms with Gasteiger partial charge in [-0.1, -0.05) is 19.1 Å². The molecule has 12 heavy (non-hydrogen) atoms. The maximum absolute atomic E-state index is 10.9. The maximum atomic E-state index is 10.9.